The quantitative estimate of drug-likeness (QED) is 0.696. The zero-order valence-corrected chi connectivity index (χ0v) is 9.90. The van der Waals surface area contributed by atoms with Crippen molar-refractivity contribution >= 4 is 17.7 Å². The molecule has 0 saturated carbocycles. The largest absolute Gasteiger partial charge is 0.468 e. The lowest BCUT2D eigenvalue weighted by Gasteiger charge is -2.07. The molecule has 2 heterocycles. The van der Waals surface area contributed by atoms with E-state index in [4.69, 9.17) is 0 Å². The molecular formula is C8H13N5O2S. The molecule has 0 unspecified atom stereocenters. The Morgan fingerprint density at radius 2 is 2.50 bits per heavy atom. The summed E-state index contributed by atoms with van der Waals surface area (Å²) in [5.41, 5.74) is 0. The van der Waals surface area contributed by atoms with Gasteiger partial charge in [-0.1, -0.05) is 11.8 Å². The number of thioether (sulfide) groups is 1. The predicted molar refractivity (Wildman–Crippen MR) is 56.9 cm³/mol. The maximum atomic E-state index is 11.3. The number of aromatic nitrogens is 4. The molecule has 0 amide bonds. The first-order valence-corrected chi connectivity index (χ1v) is 5.79. The summed E-state index contributed by atoms with van der Waals surface area (Å²) in [5, 5.41) is 15.4. The standard InChI is InChI=1S/C8H13N5O2S/c1-13-8(10-11-12-13)16-5-3-6(9-4-5)7(14)15-2/h5-6,9H,3-4H2,1-2H3/t5-,6-/m1/s1. The van der Waals surface area contributed by atoms with Gasteiger partial charge in [-0.25, -0.2) is 4.68 Å². The Morgan fingerprint density at radius 3 is 3.12 bits per heavy atom. The van der Waals surface area contributed by atoms with Gasteiger partial charge in [-0.3, -0.25) is 4.79 Å². The highest BCUT2D eigenvalue weighted by Crippen LogP contribution is 2.26. The van der Waals surface area contributed by atoms with Crippen LogP contribution < -0.4 is 5.32 Å². The zero-order valence-electron chi connectivity index (χ0n) is 9.08. The average molecular weight is 243 g/mol. The van der Waals surface area contributed by atoms with Gasteiger partial charge in [0, 0.05) is 18.8 Å². The minimum atomic E-state index is -0.209. The Kier molecular flexibility index (Phi) is 3.39. The molecule has 0 aliphatic carbocycles. The fourth-order valence-corrected chi connectivity index (χ4v) is 2.62. The van der Waals surface area contributed by atoms with E-state index in [1.165, 1.54) is 7.11 Å². The number of aryl methyl sites for hydroxylation is 1. The first-order valence-electron chi connectivity index (χ1n) is 4.91. The Hall–Kier alpha value is -1.15. The van der Waals surface area contributed by atoms with Crippen molar-refractivity contribution < 1.29 is 9.53 Å². The summed E-state index contributed by atoms with van der Waals surface area (Å²) < 4.78 is 6.31. The van der Waals surface area contributed by atoms with Gasteiger partial charge in [0.05, 0.1) is 7.11 Å². The molecule has 16 heavy (non-hydrogen) atoms. The highest BCUT2D eigenvalue weighted by atomic mass is 32.2. The van der Waals surface area contributed by atoms with Gasteiger partial charge in [-0.05, 0) is 16.8 Å². The van der Waals surface area contributed by atoms with Crippen LogP contribution in [0.4, 0.5) is 0 Å². The maximum Gasteiger partial charge on any atom is 0.322 e. The minimum Gasteiger partial charge on any atom is -0.468 e. The fourth-order valence-electron chi connectivity index (χ4n) is 1.59. The fraction of sp³-hybridized carbons (Fsp3) is 0.750. The van der Waals surface area contributed by atoms with Crippen LogP contribution in [0.25, 0.3) is 0 Å². The van der Waals surface area contributed by atoms with Gasteiger partial charge in [0.1, 0.15) is 6.04 Å². The molecule has 1 aromatic rings. The lowest BCUT2D eigenvalue weighted by atomic mass is 10.2. The van der Waals surface area contributed by atoms with Crippen molar-refractivity contribution in [1.29, 1.82) is 0 Å². The van der Waals surface area contributed by atoms with Gasteiger partial charge in [-0.2, -0.15) is 0 Å². The molecule has 1 aliphatic heterocycles. The molecule has 7 nitrogen and oxygen atoms in total. The Balaban J connectivity index is 1.90. The van der Waals surface area contributed by atoms with Gasteiger partial charge >= 0.3 is 5.97 Å². The molecular weight excluding hydrogens is 230 g/mol. The number of hydrogen-bond acceptors (Lipinski definition) is 7. The molecule has 1 fully saturated rings. The number of rotatable bonds is 3. The predicted octanol–water partition coefficient (Wildman–Crippen LogP) is -0.794. The summed E-state index contributed by atoms with van der Waals surface area (Å²) in [4.78, 5) is 11.3. The molecule has 0 aromatic carbocycles. The molecule has 1 N–H and O–H groups in total. The molecule has 0 radical (unpaired) electrons. The molecule has 8 heteroatoms. The van der Waals surface area contributed by atoms with Crippen molar-refractivity contribution in [3.05, 3.63) is 0 Å². The van der Waals surface area contributed by atoms with E-state index in [2.05, 4.69) is 25.6 Å². The van der Waals surface area contributed by atoms with Gasteiger partial charge in [0.25, 0.3) is 0 Å². The summed E-state index contributed by atoms with van der Waals surface area (Å²) in [6, 6.07) is -0.205. The second kappa shape index (κ2) is 4.79. The number of tetrazole rings is 1. The summed E-state index contributed by atoms with van der Waals surface area (Å²) >= 11 is 1.57. The summed E-state index contributed by atoms with van der Waals surface area (Å²) in [6.07, 6.45) is 0.740. The van der Waals surface area contributed by atoms with Crippen LogP contribution >= 0.6 is 11.8 Å². The van der Waals surface area contributed by atoms with E-state index >= 15 is 0 Å². The van der Waals surface area contributed by atoms with Gasteiger partial charge < -0.3 is 10.1 Å². The Bertz CT molecular complexity index is 382. The highest BCUT2D eigenvalue weighted by molar-refractivity contribution is 7.99. The normalized spacial score (nSPS) is 24.6. The lowest BCUT2D eigenvalue weighted by molar-refractivity contribution is -0.142. The summed E-state index contributed by atoms with van der Waals surface area (Å²) in [7, 11) is 3.19. The number of hydrogen-bond donors (Lipinski definition) is 1. The van der Waals surface area contributed by atoms with Crippen LogP contribution in [0.15, 0.2) is 5.16 Å². The average Bonchev–Trinajstić information content (AvgIpc) is 2.89. The molecule has 0 bridgehead atoms. The molecule has 2 rings (SSSR count). The lowest BCUT2D eigenvalue weighted by Crippen LogP contribution is -2.31. The molecule has 1 saturated heterocycles. The van der Waals surface area contributed by atoms with E-state index < -0.39 is 0 Å². The third-order valence-electron chi connectivity index (χ3n) is 2.43. The molecule has 1 aromatic heterocycles. The first-order chi connectivity index (χ1) is 7.70. The number of nitrogens with one attached hydrogen (secondary N) is 1. The Labute approximate surface area is 96.9 Å². The number of nitrogens with zero attached hydrogens (tertiary/aromatic N) is 4. The number of ether oxygens (including phenoxy) is 1. The third kappa shape index (κ3) is 2.33. The number of methoxy groups -OCH3 is 1. The second-order valence-corrected chi connectivity index (χ2v) is 4.81. The SMILES string of the molecule is COC(=O)[C@H]1C[C@@H](Sc2nnnn2C)CN1. The Morgan fingerprint density at radius 1 is 1.69 bits per heavy atom. The summed E-state index contributed by atoms with van der Waals surface area (Å²) in [6.45, 7) is 0.761. The summed E-state index contributed by atoms with van der Waals surface area (Å²) in [5.74, 6) is -0.209. The highest BCUT2D eigenvalue weighted by Gasteiger charge is 2.31. The van der Waals surface area contributed by atoms with Crippen molar-refractivity contribution in [3.63, 3.8) is 0 Å². The smallest absolute Gasteiger partial charge is 0.322 e. The number of esters is 1. The van der Waals surface area contributed by atoms with Crippen LogP contribution in [-0.4, -0.2) is 51.1 Å². The van der Waals surface area contributed by atoms with Crippen molar-refractivity contribution in [3.8, 4) is 0 Å². The third-order valence-corrected chi connectivity index (χ3v) is 3.68. The molecule has 1 aliphatic rings. The van der Waals surface area contributed by atoms with Crippen LogP contribution in [0.2, 0.25) is 0 Å². The topological polar surface area (TPSA) is 81.9 Å². The van der Waals surface area contributed by atoms with Gasteiger partial charge in [-0.15, -0.1) is 5.10 Å². The second-order valence-electron chi connectivity index (χ2n) is 3.54. The van der Waals surface area contributed by atoms with Crippen LogP contribution in [0.5, 0.6) is 0 Å². The van der Waals surface area contributed by atoms with Crippen LogP contribution in [0, 0.1) is 0 Å². The molecule has 88 valence electrons. The van der Waals surface area contributed by atoms with Gasteiger partial charge in [0.15, 0.2) is 0 Å². The van der Waals surface area contributed by atoms with Crippen LogP contribution in [0.1, 0.15) is 6.42 Å². The van der Waals surface area contributed by atoms with E-state index in [1.54, 1.807) is 23.5 Å². The zero-order chi connectivity index (χ0) is 11.5. The number of carbonyl (C=O) groups is 1. The van der Waals surface area contributed by atoms with Gasteiger partial charge in [0.2, 0.25) is 5.16 Å². The van der Waals surface area contributed by atoms with Crippen LogP contribution in [0.3, 0.4) is 0 Å². The monoisotopic (exact) mass is 243 g/mol. The van der Waals surface area contributed by atoms with E-state index in [0.717, 1.165) is 18.1 Å². The number of carbonyl (C=O) groups excluding carboxylic acids is 1. The van der Waals surface area contributed by atoms with Crippen molar-refractivity contribution in [1.82, 2.24) is 25.5 Å². The van der Waals surface area contributed by atoms with E-state index in [-0.39, 0.29) is 12.0 Å². The van der Waals surface area contributed by atoms with E-state index in [1.807, 2.05) is 0 Å². The van der Waals surface area contributed by atoms with Crippen molar-refractivity contribution in [2.45, 2.75) is 22.9 Å². The van der Waals surface area contributed by atoms with Crippen molar-refractivity contribution in [2.24, 2.45) is 7.05 Å². The van der Waals surface area contributed by atoms with E-state index in [0.29, 0.717) is 5.25 Å². The van der Waals surface area contributed by atoms with Crippen LogP contribution in [-0.2, 0) is 16.6 Å². The molecule has 0 spiro atoms. The van der Waals surface area contributed by atoms with Crippen molar-refractivity contribution in [2.75, 3.05) is 13.7 Å². The maximum absolute atomic E-state index is 11.3. The minimum absolute atomic E-state index is 0.205. The first kappa shape index (κ1) is 11.3. The molecule has 2 atom stereocenters. The van der Waals surface area contributed by atoms with E-state index in [9.17, 15) is 4.79 Å².